The molecular formula is C25H39N3O. The summed E-state index contributed by atoms with van der Waals surface area (Å²) in [6, 6.07) is 0. The van der Waals surface area contributed by atoms with Gasteiger partial charge in [-0.2, -0.15) is 0 Å². The smallest absolute Gasteiger partial charge is 0.226 e. The van der Waals surface area contributed by atoms with Crippen molar-refractivity contribution in [3.05, 3.63) is 64.8 Å². The van der Waals surface area contributed by atoms with Gasteiger partial charge in [-0.25, -0.2) is 4.98 Å². The topological polar surface area (TPSA) is 57.8 Å². The molecule has 0 bridgehead atoms. The van der Waals surface area contributed by atoms with Gasteiger partial charge in [0.2, 0.25) is 5.91 Å². The average Bonchev–Trinajstić information content (AvgIpc) is 3.14. The van der Waals surface area contributed by atoms with Crippen LogP contribution in [0.5, 0.6) is 0 Å². The van der Waals surface area contributed by atoms with E-state index in [1.165, 1.54) is 22.3 Å². The minimum absolute atomic E-state index is 0.0123. The molecule has 160 valence electrons. The molecule has 0 aliphatic rings. The normalized spacial score (nSPS) is 12.8. The molecule has 1 aromatic heterocycles. The summed E-state index contributed by atoms with van der Waals surface area (Å²) < 4.78 is 0. The van der Waals surface area contributed by atoms with E-state index in [0.717, 1.165) is 44.2 Å². The molecule has 1 rings (SSSR count). The van der Waals surface area contributed by atoms with Crippen molar-refractivity contribution in [2.45, 2.75) is 79.6 Å². The fourth-order valence-corrected chi connectivity index (χ4v) is 2.94. The van der Waals surface area contributed by atoms with Crippen LogP contribution < -0.4 is 5.32 Å². The molecule has 0 saturated heterocycles. The van der Waals surface area contributed by atoms with E-state index in [0.29, 0.717) is 13.0 Å². The number of nitrogens with one attached hydrogen (secondary N) is 2. The highest BCUT2D eigenvalue weighted by Gasteiger charge is 2.02. The Balaban J connectivity index is 2.19. The molecule has 1 aromatic rings. The molecule has 0 fully saturated rings. The molecule has 4 nitrogen and oxygen atoms in total. The third-order valence-electron chi connectivity index (χ3n) is 4.81. The molecule has 0 aliphatic heterocycles. The molecule has 0 aliphatic carbocycles. The fraction of sp³-hybridized carbons (Fsp3) is 0.520. The maximum Gasteiger partial charge on any atom is 0.226 e. The highest BCUT2D eigenvalue weighted by Crippen LogP contribution is 2.13. The van der Waals surface area contributed by atoms with Crippen molar-refractivity contribution in [2.24, 2.45) is 0 Å². The number of rotatable bonds is 13. The summed E-state index contributed by atoms with van der Waals surface area (Å²) in [5, 5.41) is 2.92. The Kier molecular flexibility index (Phi) is 12.4. The third-order valence-corrected chi connectivity index (χ3v) is 4.81. The predicted octanol–water partition coefficient (Wildman–Crippen LogP) is 6.21. The summed E-state index contributed by atoms with van der Waals surface area (Å²) in [5.74, 6) is 0.0123. The second-order valence-corrected chi connectivity index (χ2v) is 8.11. The van der Waals surface area contributed by atoms with Crippen LogP contribution in [0.15, 0.2) is 59.1 Å². The Labute approximate surface area is 177 Å². The van der Waals surface area contributed by atoms with Gasteiger partial charge in [0.25, 0.3) is 0 Å². The lowest BCUT2D eigenvalue weighted by molar-refractivity contribution is -0.120. The van der Waals surface area contributed by atoms with Crippen LogP contribution in [0.4, 0.5) is 0 Å². The van der Waals surface area contributed by atoms with Crippen LogP contribution in [-0.2, 0) is 11.2 Å². The highest BCUT2D eigenvalue weighted by atomic mass is 16.1. The number of imidazole rings is 1. The first-order valence-corrected chi connectivity index (χ1v) is 10.7. The standard InChI is InChI=1S/C25H39N3O/c1-20(2)9-6-10-21(3)11-7-12-22(4)13-8-14-23(5)15-16-27-25(29)17-24-18-26-19-28-24/h9,11,13,15,18-19H,6-8,10,12,14,16-17H2,1-5H3,(H,26,28)(H,27,29). The van der Waals surface area contributed by atoms with Crippen molar-refractivity contribution in [1.29, 1.82) is 0 Å². The van der Waals surface area contributed by atoms with E-state index in [4.69, 9.17) is 0 Å². The first kappa shape index (κ1) is 24.7. The maximum atomic E-state index is 11.8. The van der Waals surface area contributed by atoms with Crippen LogP contribution in [0, 0.1) is 0 Å². The van der Waals surface area contributed by atoms with E-state index in [1.807, 2.05) is 0 Å². The van der Waals surface area contributed by atoms with E-state index in [9.17, 15) is 4.79 Å². The zero-order chi connectivity index (χ0) is 21.5. The van der Waals surface area contributed by atoms with Gasteiger partial charge in [0, 0.05) is 18.4 Å². The van der Waals surface area contributed by atoms with Crippen LogP contribution in [0.1, 0.15) is 78.8 Å². The van der Waals surface area contributed by atoms with Crippen LogP contribution in [0.3, 0.4) is 0 Å². The number of aromatic nitrogens is 2. The van der Waals surface area contributed by atoms with Gasteiger partial charge in [-0.1, -0.05) is 46.6 Å². The lowest BCUT2D eigenvalue weighted by atomic mass is 10.0. The molecule has 0 spiro atoms. The lowest BCUT2D eigenvalue weighted by Crippen LogP contribution is -2.25. The SMILES string of the molecule is CC(C)=CCCC(C)=CCCC(C)=CCCC(C)=CCNC(=O)Cc1cnc[nH]1. The van der Waals surface area contributed by atoms with E-state index in [1.54, 1.807) is 12.5 Å². The molecule has 0 aromatic carbocycles. The van der Waals surface area contributed by atoms with Gasteiger partial charge < -0.3 is 10.3 Å². The summed E-state index contributed by atoms with van der Waals surface area (Å²) in [5.41, 5.74) is 6.49. The van der Waals surface area contributed by atoms with Gasteiger partial charge in [-0.3, -0.25) is 4.79 Å². The van der Waals surface area contributed by atoms with Gasteiger partial charge in [-0.15, -0.1) is 0 Å². The second kappa shape index (κ2) is 14.6. The van der Waals surface area contributed by atoms with Gasteiger partial charge in [-0.05, 0) is 73.1 Å². The Morgan fingerprint density at radius 3 is 1.97 bits per heavy atom. The molecule has 1 amide bonds. The summed E-state index contributed by atoms with van der Waals surface area (Å²) in [7, 11) is 0. The molecule has 1 heterocycles. The number of amides is 1. The largest absolute Gasteiger partial charge is 0.352 e. The summed E-state index contributed by atoms with van der Waals surface area (Å²) in [6.07, 6.45) is 19.4. The highest BCUT2D eigenvalue weighted by molar-refractivity contribution is 5.78. The molecule has 0 atom stereocenters. The Bertz CT molecular complexity index is 717. The first-order valence-electron chi connectivity index (χ1n) is 10.7. The molecule has 4 heteroatoms. The number of nitrogens with zero attached hydrogens (tertiary/aromatic N) is 1. The molecule has 0 saturated carbocycles. The van der Waals surface area contributed by atoms with Crippen molar-refractivity contribution < 1.29 is 4.79 Å². The minimum atomic E-state index is 0.0123. The van der Waals surface area contributed by atoms with Crippen LogP contribution >= 0.6 is 0 Å². The van der Waals surface area contributed by atoms with Crippen molar-refractivity contribution in [3.8, 4) is 0 Å². The Morgan fingerprint density at radius 2 is 1.45 bits per heavy atom. The van der Waals surface area contributed by atoms with Crippen LogP contribution in [-0.4, -0.2) is 22.4 Å². The lowest BCUT2D eigenvalue weighted by Gasteiger charge is -2.04. The van der Waals surface area contributed by atoms with Crippen molar-refractivity contribution in [1.82, 2.24) is 15.3 Å². The van der Waals surface area contributed by atoms with E-state index < -0.39 is 0 Å². The van der Waals surface area contributed by atoms with E-state index in [2.05, 4.69) is 74.2 Å². The van der Waals surface area contributed by atoms with E-state index in [-0.39, 0.29) is 5.91 Å². The summed E-state index contributed by atoms with van der Waals surface area (Å²) >= 11 is 0. The van der Waals surface area contributed by atoms with Gasteiger partial charge in [0.05, 0.1) is 12.7 Å². The van der Waals surface area contributed by atoms with Crippen LogP contribution in [0.25, 0.3) is 0 Å². The molecule has 0 radical (unpaired) electrons. The second-order valence-electron chi connectivity index (χ2n) is 8.11. The molecule has 2 N–H and O–H groups in total. The third kappa shape index (κ3) is 13.4. The molecule has 29 heavy (non-hydrogen) atoms. The maximum absolute atomic E-state index is 11.8. The van der Waals surface area contributed by atoms with Crippen molar-refractivity contribution in [2.75, 3.05) is 6.54 Å². The Morgan fingerprint density at radius 1 is 0.897 bits per heavy atom. The summed E-state index contributed by atoms with van der Waals surface area (Å²) in [6.45, 7) is 11.5. The van der Waals surface area contributed by atoms with Crippen molar-refractivity contribution >= 4 is 5.91 Å². The van der Waals surface area contributed by atoms with Crippen LogP contribution in [0.2, 0.25) is 0 Å². The van der Waals surface area contributed by atoms with Gasteiger partial charge in [0.15, 0.2) is 0 Å². The molecular weight excluding hydrogens is 358 g/mol. The number of allylic oxidation sites excluding steroid dienone is 7. The van der Waals surface area contributed by atoms with E-state index >= 15 is 0 Å². The Hall–Kier alpha value is -2.36. The quantitative estimate of drug-likeness (QED) is 0.389. The molecule has 0 unspecified atom stereocenters. The summed E-state index contributed by atoms with van der Waals surface area (Å²) in [4.78, 5) is 18.7. The van der Waals surface area contributed by atoms with Gasteiger partial charge in [0.1, 0.15) is 0 Å². The zero-order valence-corrected chi connectivity index (χ0v) is 19.0. The number of carbonyl (C=O) groups is 1. The minimum Gasteiger partial charge on any atom is -0.352 e. The fourth-order valence-electron chi connectivity index (χ4n) is 2.94. The monoisotopic (exact) mass is 397 g/mol. The number of hydrogen-bond acceptors (Lipinski definition) is 2. The van der Waals surface area contributed by atoms with Crippen molar-refractivity contribution in [3.63, 3.8) is 0 Å². The first-order chi connectivity index (χ1) is 13.9. The number of H-pyrrole nitrogens is 1. The average molecular weight is 398 g/mol. The number of hydrogen-bond donors (Lipinski definition) is 2. The number of carbonyl (C=O) groups excluding carboxylic acids is 1. The zero-order valence-electron chi connectivity index (χ0n) is 19.0. The van der Waals surface area contributed by atoms with Gasteiger partial charge >= 0.3 is 0 Å². The number of aromatic amines is 1. The predicted molar refractivity (Wildman–Crippen MR) is 124 cm³/mol.